The summed E-state index contributed by atoms with van der Waals surface area (Å²) in [4.78, 5) is 2.48. The van der Waals surface area contributed by atoms with Crippen LogP contribution in [-0.4, -0.2) is 39.5 Å². The van der Waals surface area contributed by atoms with Crippen molar-refractivity contribution in [3.8, 4) is 0 Å². The van der Waals surface area contributed by atoms with Gasteiger partial charge < -0.3 is 10.0 Å². The number of nitrogens with zero attached hydrogens (tertiary/aromatic N) is 1. The molecule has 1 aromatic rings. The molecule has 0 amide bonds. The van der Waals surface area contributed by atoms with Gasteiger partial charge in [-0.25, -0.2) is 8.42 Å². The van der Waals surface area contributed by atoms with Gasteiger partial charge in [-0.1, -0.05) is 6.92 Å². The summed E-state index contributed by atoms with van der Waals surface area (Å²) in [5.41, 5.74) is 1.01. The van der Waals surface area contributed by atoms with Crippen LogP contribution in [0.1, 0.15) is 26.2 Å². The standard InChI is InChI=1S/C14H23NO3S/c1-3-19(17,18)14-9-7-13(8-10-14)15(2)11-5-4-6-12-16/h7-10,16H,3-6,11-12H2,1-2H3. The number of anilines is 1. The molecule has 4 nitrogen and oxygen atoms in total. The van der Waals surface area contributed by atoms with Crippen LogP contribution in [0.3, 0.4) is 0 Å². The van der Waals surface area contributed by atoms with E-state index < -0.39 is 9.84 Å². The SMILES string of the molecule is CCS(=O)(=O)c1ccc(N(C)CCCCCO)cc1. The molecule has 1 N–H and O–H groups in total. The van der Waals surface area contributed by atoms with Gasteiger partial charge in [0.25, 0.3) is 0 Å². The van der Waals surface area contributed by atoms with Gasteiger partial charge in [-0.05, 0) is 43.5 Å². The van der Waals surface area contributed by atoms with Gasteiger partial charge in [0.05, 0.1) is 10.6 Å². The molecule has 0 heterocycles. The Balaban J connectivity index is 2.61. The number of rotatable bonds is 8. The first-order valence-electron chi connectivity index (χ1n) is 6.66. The van der Waals surface area contributed by atoms with Crippen LogP contribution < -0.4 is 4.90 Å². The summed E-state index contributed by atoms with van der Waals surface area (Å²) in [5, 5.41) is 8.71. The minimum absolute atomic E-state index is 0.128. The third kappa shape index (κ3) is 4.84. The van der Waals surface area contributed by atoms with E-state index in [-0.39, 0.29) is 12.4 Å². The van der Waals surface area contributed by atoms with Crippen molar-refractivity contribution in [2.45, 2.75) is 31.1 Å². The Morgan fingerprint density at radius 2 is 1.74 bits per heavy atom. The van der Waals surface area contributed by atoms with Crippen LogP contribution in [0.25, 0.3) is 0 Å². The van der Waals surface area contributed by atoms with Crippen LogP contribution >= 0.6 is 0 Å². The Bertz CT molecular complexity index is 468. The average molecular weight is 285 g/mol. The molecule has 0 aromatic heterocycles. The maximum absolute atomic E-state index is 11.7. The summed E-state index contributed by atoms with van der Waals surface area (Å²) in [6.45, 7) is 2.80. The van der Waals surface area contributed by atoms with Crippen LogP contribution in [0.2, 0.25) is 0 Å². The first-order chi connectivity index (χ1) is 9.01. The lowest BCUT2D eigenvalue weighted by molar-refractivity contribution is 0.283. The van der Waals surface area contributed by atoms with Gasteiger partial charge in [-0.2, -0.15) is 0 Å². The minimum Gasteiger partial charge on any atom is -0.396 e. The third-order valence-electron chi connectivity index (χ3n) is 3.17. The number of hydrogen-bond acceptors (Lipinski definition) is 4. The number of sulfone groups is 1. The van der Waals surface area contributed by atoms with Crippen molar-refractivity contribution in [2.75, 3.05) is 30.9 Å². The van der Waals surface area contributed by atoms with E-state index in [4.69, 9.17) is 5.11 Å². The van der Waals surface area contributed by atoms with Gasteiger partial charge in [0, 0.05) is 25.9 Å². The van der Waals surface area contributed by atoms with Crippen molar-refractivity contribution >= 4 is 15.5 Å². The maximum Gasteiger partial charge on any atom is 0.178 e. The zero-order valence-corrected chi connectivity index (χ0v) is 12.5. The number of unbranched alkanes of at least 4 members (excludes halogenated alkanes) is 2. The monoisotopic (exact) mass is 285 g/mol. The van der Waals surface area contributed by atoms with E-state index in [2.05, 4.69) is 4.90 Å². The maximum atomic E-state index is 11.7. The van der Waals surface area contributed by atoms with Crippen LogP contribution in [-0.2, 0) is 9.84 Å². The minimum atomic E-state index is -3.11. The topological polar surface area (TPSA) is 57.6 Å². The van der Waals surface area contributed by atoms with Crippen LogP contribution in [0.5, 0.6) is 0 Å². The third-order valence-corrected chi connectivity index (χ3v) is 4.92. The van der Waals surface area contributed by atoms with E-state index in [1.807, 2.05) is 19.2 Å². The van der Waals surface area contributed by atoms with E-state index >= 15 is 0 Å². The Kier molecular flexibility index (Phi) is 6.31. The molecule has 0 atom stereocenters. The lowest BCUT2D eigenvalue weighted by Crippen LogP contribution is -2.18. The molecule has 1 aromatic carbocycles. The van der Waals surface area contributed by atoms with Crippen LogP contribution in [0, 0.1) is 0 Å². The molecule has 5 heteroatoms. The summed E-state index contributed by atoms with van der Waals surface area (Å²) >= 11 is 0. The van der Waals surface area contributed by atoms with Crippen molar-refractivity contribution in [1.29, 1.82) is 0 Å². The van der Waals surface area contributed by atoms with Gasteiger partial charge in [0.15, 0.2) is 9.84 Å². The van der Waals surface area contributed by atoms with Crippen LogP contribution in [0.15, 0.2) is 29.2 Å². The molecule has 1 rings (SSSR count). The Hall–Kier alpha value is -1.07. The predicted molar refractivity (Wildman–Crippen MR) is 78.4 cm³/mol. The first-order valence-corrected chi connectivity index (χ1v) is 8.31. The Labute approximate surface area is 116 Å². The second-order valence-electron chi connectivity index (χ2n) is 4.60. The van der Waals surface area contributed by atoms with Gasteiger partial charge >= 0.3 is 0 Å². The van der Waals surface area contributed by atoms with Gasteiger partial charge in [-0.3, -0.25) is 0 Å². The van der Waals surface area contributed by atoms with Crippen molar-refractivity contribution < 1.29 is 13.5 Å². The highest BCUT2D eigenvalue weighted by Crippen LogP contribution is 2.18. The lowest BCUT2D eigenvalue weighted by Gasteiger charge is -2.19. The molecular formula is C14H23NO3S. The highest BCUT2D eigenvalue weighted by Gasteiger charge is 2.11. The Morgan fingerprint density at radius 1 is 1.11 bits per heavy atom. The smallest absolute Gasteiger partial charge is 0.178 e. The molecule has 0 aliphatic heterocycles. The second kappa shape index (κ2) is 7.50. The van der Waals surface area contributed by atoms with Gasteiger partial charge in [-0.15, -0.1) is 0 Å². The van der Waals surface area contributed by atoms with E-state index in [0.717, 1.165) is 31.5 Å². The van der Waals surface area contributed by atoms with Crippen LogP contribution in [0.4, 0.5) is 5.69 Å². The molecule has 108 valence electrons. The molecule has 0 bridgehead atoms. The summed E-state index contributed by atoms with van der Waals surface area (Å²) < 4.78 is 23.4. The fourth-order valence-electron chi connectivity index (χ4n) is 1.84. The fraction of sp³-hybridized carbons (Fsp3) is 0.571. The molecule has 0 spiro atoms. The zero-order chi connectivity index (χ0) is 14.3. The number of aliphatic hydroxyl groups excluding tert-OH is 1. The normalized spacial score (nSPS) is 11.5. The largest absolute Gasteiger partial charge is 0.396 e. The van der Waals surface area contributed by atoms with Crippen molar-refractivity contribution in [3.63, 3.8) is 0 Å². The van der Waals surface area contributed by atoms with E-state index in [1.54, 1.807) is 19.1 Å². The molecule has 0 unspecified atom stereocenters. The molecule has 0 saturated carbocycles. The van der Waals surface area contributed by atoms with Gasteiger partial charge in [0.2, 0.25) is 0 Å². The lowest BCUT2D eigenvalue weighted by atomic mass is 10.2. The number of aliphatic hydroxyl groups is 1. The Morgan fingerprint density at radius 3 is 2.26 bits per heavy atom. The number of hydrogen-bond donors (Lipinski definition) is 1. The molecule has 0 aliphatic rings. The van der Waals surface area contributed by atoms with E-state index in [0.29, 0.717) is 4.90 Å². The zero-order valence-electron chi connectivity index (χ0n) is 11.7. The molecule has 0 aliphatic carbocycles. The highest BCUT2D eigenvalue weighted by molar-refractivity contribution is 7.91. The average Bonchev–Trinajstić information content (AvgIpc) is 2.43. The summed E-state index contributed by atoms with van der Waals surface area (Å²) in [5.74, 6) is 0.128. The van der Waals surface area contributed by atoms with E-state index in [9.17, 15) is 8.42 Å². The molecule has 0 saturated heterocycles. The number of benzene rings is 1. The van der Waals surface area contributed by atoms with Gasteiger partial charge in [0.1, 0.15) is 0 Å². The second-order valence-corrected chi connectivity index (χ2v) is 6.88. The predicted octanol–water partition coefficient (Wildman–Crippen LogP) is 2.08. The summed E-state index contributed by atoms with van der Waals surface area (Å²) in [6.07, 6.45) is 2.86. The molecule has 0 radical (unpaired) electrons. The highest BCUT2D eigenvalue weighted by atomic mass is 32.2. The fourth-order valence-corrected chi connectivity index (χ4v) is 2.73. The molecule has 19 heavy (non-hydrogen) atoms. The quantitative estimate of drug-likeness (QED) is 0.743. The molecule has 0 fully saturated rings. The summed E-state index contributed by atoms with van der Waals surface area (Å²) in [6, 6.07) is 7.01. The van der Waals surface area contributed by atoms with Crippen molar-refractivity contribution in [3.05, 3.63) is 24.3 Å². The first kappa shape index (κ1) is 16.0. The van der Waals surface area contributed by atoms with Crippen molar-refractivity contribution in [1.82, 2.24) is 0 Å². The van der Waals surface area contributed by atoms with E-state index in [1.165, 1.54) is 0 Å². The van der Waals surface area contributed by atoms with Crippen molar-refractivity contribution in [2.24, 2.45) is 0 Å². The summed E-state index contributed by atoms with van der Waals surface area (Å²) in [7, 11) is -1.12. The molecular weight excluding hydrogens is 262 g/mol.